The van der Waals surface area contributed by atoms with Gasteiger partial charge in [-0.2, -0.15) is 0 Å². The van der Waals surface area contributed by atoms with Gasteiger partial charge in [0.15, 0.2) is 11.5 Å². The van der Waals surface area contributed by atoms with Gasteiger partial charge in [0.1, 0.15) is 5.82 Å². The number of benzene rings is 1. The largest absolute Gasteiger partial charge is 0.493 e. The first kappa shape index (κ1) is 12.0. The highest BCUT2D eigenvalue weighted by atomic mass is 16.5. The molecule has 0 unspecified atom stereocenters. The van der Waals surface area contributed by atoms with Crippen molar-refractivity contribution in [3.63, 3.8) is 0 Å². The lowest BCUT2D eigenvalue weighted by Crippen LogP contribution is -1.96. The zero-order valence-electron chi connectivity index (χ0n) is 10.3. The summed E-state index contributed by atoms with van der Waals surface area (Å²) in [5.74, 6) is 1.84. The summed E-state index contributed by atoms with van der Waals surface area (Å²) in [6, 6.07) is 9.20. The molecular formula is C13H15N3O2. The third-order valence-electron chi connectivity index (χ3n) is 2.45. The van der Waals surface area contributed by atoms with Crippen LogP contribution in [0.25, 0.3) is 0 Å². The van der Waals surface area contributed by atoms with Crippen LogP contribution in [-0.2, 0) is 0 Å². The molecule has 1 aromatic heterocycles. The van der Waals surface area contributed by atoms with E-state index in [0.717, 1.165) is 11.4 Å². The van der Waals surface area contributed by atoms with Crippen LogP contribution in [0.3, 0.4) is 0 Å². The van der Waals surface area contributed by atoms with Crippen molar-refractivity contribution in [2.75, 3.05) is 25.3 Å². The smallest absolute Gasteiger partial charge is 0.162 e. The van der Waals surface area contributed by atoms with Crippen LogP contribution in [0, 0.1) is 0 Å². The van der Waals surface area contributed by atoms with Crippen LogP contribution in [-0.4, -0.2) is 19.2 Å². The second kappa shape index (κ2) is 5.27. The van der Waals surface area contributed by atoms with Crippen LogP contribution in [0.2, 0.25) is 0 Å². The van der Waals surface area contributed by atoms with Gasteiger partial charge in [0, 0.05) is 29.7 Å². The Morgan fingerprint density at radius 1 is 1.00 bits per heavy atom. The third kappa shape index (κ3) is 2.63. The van der Waals surface area contributed by atoms with Gasteiger partial charge in [0.05, 0.1) is 14.2 Å². The Kier molecular flexibility index (Phi) is 3.52. The van der Waals surface area contributed by atoms with E-state index in [2.05, 4.69) is 10.3 Å². The lowest BCUT2D eigenvalue weighted by molar-refractivity contribution is 0.355. The minimum absolute atomic E-state index is 0.473. The summed E-state index contributed by atoms with van der Waals surface area (Å²) in [5.41, 5.74) is 7.38. The number of nitrogens with two attached hydrogens (primary N) is 1. The molecule has 1 aromatic carbocycles. The van der Waals surface area contributed by atoms with E-state index in [1.807, 2.05) is 24.3 Å². The lowest BCUT2D eigenvalue weighted by Gasteiger charge is -2.11. The highest BCUT2D eigenvalue weighted by Gasteiger charge is 2.04. The van der Waals surface area contributed by atoms with Crippen molar-refractivity contribution in [1.29, 1.82) is 0 Å². The molecule has 0 saturated heterocycles. The number of pyridine rings is 1. The fraction of sp³-hybridized carbons (Fsp3) is 0.154. The van der Waals surface area contributed by atoms with Gasteiger partial charge in [0.25, 0.3) is 0 Å². The fourth-order valence-electron chi connectivity index (χ4n) is 1.61. The van der Waals surface area contributed by atoms with E-state index >= 15 is 0 Å². The quantitative estimate of drug-likeness (QED) is 0.865. The monoisotopic (exact) mass is 245 g/mol. The Morgan fingerprint density at radius 3 is 2.39 bits per heavy atom. The van der Waals surface area contributed by atoms with E-state index in [9.17, 15) is 0 Å². The zero-order valence-corrected chi connectivity index (χ0v) is 10.3. The second-order valence-electron chi connectivity index (χ2n) is 3.66. The Bertz CT molecular complexity index is 544. The molecule has 5 heteroatoms. The Morgan fingerprint density at radius 2 is 1.72 bits per heavy atom. The highest BCUT2D eigenvalue weighted by Crippen LogP contribution is 2.31. The van der Waals surface area contributed by atoms with Gasteiger partial charge in [-0.25, -0.2) is 4.98 Å². The van der Waals surface area contributed by atoms with E-state index in [-0.39, 0.29) is 0 Å². The first-order chi connectivity index (χ1) is 8.72. The van der Waals surface area contributed by atoms with Gasteiger partial charge in [-0.3, -0.25) is 0 Å². The van der Waals surface area contributed by atoms with E-state index < -0.39 is 0 Å². The molecule has 0 aliphatic carbocycles. The van der Waals surface area contributed by atoms with Gasteiger partial charge < -0.3 is 20.5 Å². The maximum absolute atomic E-state index is 5.62. The molecule has 94 valence electrons. The van der Waals surface area contributed by atoms with Crippen molar-refractivity contribution >= 4 is 17.2 Å². The van der Waals surface area contributed by atoms with E-state index in [0.29, 0.717) is 17.3 Å². The van der Waals surface area contributed by atoms with Crippen LogP contribution < -0.4 is 20.5 Å². The molecule has 0 aliphatic rings. The third-order valence-corrected chi connectivity index (χ3v) is 2.45. The SMILES string of the molecule is COc1ccc(Nc2ccnc(N)c2)cc1OC. The van der Waals surface area contributed by atoms with E-state index in [1.165, 1.54) is 0 Å². The molecule has 5 nitrogen and oxygen atoms in total. The summed E-state index contributed by atoms with van der Waals surface area (Å²) in [6.45, 7) is 0. The number of hydrogen-bond donors (Lipinski definition) is 2. The fourth-order valence-corrected chi connectivity index (χ4v) is 1.61. The summed E-state index contributed by atoms with van der Waals surface area (Å²) in [5, 5.41) is 3.22. The van der Waals surface area contributed by atoms with Gasteiger partial charge in [-0.05, 0) is 18.2 Å². The number of rotatable bonds is 4. The van der Waals surface area contributed by atoms with Crippen LogP contribution in [0.4, 0.5) is 17.2 Å². The summed E-state index contributed by atoms with van der Waals surface area (Å²) in [4.78, 5) is 3.94. The van der Waals surface area contributed by atoms with Crippen molar-refractivity contribution in [2.45, 2.75) is 0 Å². The average molecular weight is 245 g/mol. The zero-order chi connectivity index (χ0) is 13.0. The standard InChI is InChI=1S/C13H15N3O2/c1-17-11-4-3-9(7-12(11)18-2)16-10-5-6-15-13(14)8-10/h3-8H,1-2H3,(H3,14,15,16). The van der Waals surface area contributed by atoms with Crippen molar-refractivity contribution < 1.29 is 9.47 Å². The predicted octanol–water partition coefficient (Wildman–Crippen LogP) is 2.42. The summed E-state index contributed by atoms with van der Waals surface area (Å²) < 4.78 is 10.4. The minimum Gasteiger partial charge on any atom is -0.493 e. The molecule has 0 amide bonds. The number of nitrogen functional groups attached to an aromatic ring is 1. The second-order valence-corrected chi connectivity index (χ2v) is 3.66. The van der Waals surface area contributed by atoms with Crippen LogP contribution in [0.1, 0.15) is 0 Å². The summed E-state index contributed by atoms with van der Waals surface area (Å²) in [6.07, 6.45) is 1.65. The number of hydrogen-bond acceptors (Lipinski definition) is 5. The maximum Gasteiger partial charge on any atom is 0.162 e. The molecule has 18 heavy (non-hydrogen) atoms. The van der Waals surface area contributed by atoms with E-state index in [4.69, 9.17) is 15.2 Å². The maximum atomic E-state index is 5.62. The number of aromatic nitrogens is 1. The van der Waals surface area contributed by atoms with Gasteiger partial charge >= 0.3 is 0 Å². The number of ether oxygens (including phenoxy) is 2. The van der Waals surface area contributed by atoms with Crippen LogP contribution in [0.5, 0.6) is 11.5 Å². The molecule has 0 atom stereocenters. The molecule has 0 fully saturated rings. The number of anilines is 3. The van der Waals surface area contributed by atoms with Gasteiger partial charge in [-0.15, -0.1) is 0 Å². The Hall–Kier alpha value is -2.43. The molecular weight excluding hydrogens is 230 g/mol. The lowest BCUT2D eigenvalue weighted by atomic mass is 10.2. The van der Waals surface area contributed by atoms with Gasteiger partial charge in [0.2, 0.25) is 0 Å². The molecule has 0 radical (unpaired) electrons. The Labute approximate surface area is 106 Å². The van der Waals surface area contributed by atoms with Crippen molar-refractivity contribution in [1.82, 2.24) is 4.98 Å². The molecule has 0 aliphatic heterocycles. The molecule has 2 aromatic rings. The average Bonchev–Trinajstić information content (AvgIpc) is 2.38. The topological polar surface area (TPSA) is 69.4 Å². The summed E-state index contributed by atoms with van der Waals surface area (Å²) in [7, 11) is 3.21. The molecule has 2 rings (SSSR count). The minimum atomic E-state index is 0.473. The first-order valence-corrected chi connectivity index (χ1v) is 5.43. The van der Waals surface area contributed by atoms with Crippen molar-refractivity contribution in [2.24, 2.45) is 0 Å². The number of nitrogens with zero attached hydrogens (tertiary/aromatic N) is 1. The molecule has 1 heterocycles. The van der Waals surface area contributed by atoms with Crippen LogP contribution in [0.15, 0.2) is 36.5 Å². The Balaban J connectivity index is 2.24. The molecule has 0 bridgehead atoms. The predicted molar refractivity (Wildman–Crippen MR) is 71.5 cm³/mol. The summed E-state index contributed by atoms with van der Waals surface area (Å²) >= 11 is 0. The van der Waals surface area contributed by atoms with E-state index in [1.54, 1.807) is 26.5 Å². The van der Waals surface area contributed by atoms with Crippen molar-refractivity contribution in [3.8, 4) is 11.5 Å². The highest BCUT2D eigenvalue weighted by molar-refractivity contribution is 5.64. The number of methoxy groups -OCH3 is 2. The van der Waals surface area contributed by atoms with Crippen LogP contribution >= 0.6 is 0 Å². The molecule has 3 N–H and O–H groups in total. The first-order valence-electron chi connectivity index (χ1n) is 5.43. The number of nitrogens with one attached hydrogen (secondary N) is 1. The molecule has 0 saturated carbocycles. The van der Waals surface area contributed by atoms with Crippen molar-refractivity contribution in [3.05, 3.63) is 36.5 Å². The normalized spacial score (nSPS) is 9.89. The van der Waals surface area contributed by atoms with Gasteiger partial charge in [-0.1, -0.05) is 0 Å². The molecule has 0 spiro atoms.